The lowest BCUT2D eigenvalue weighted by Gasteiger charge is -2.14. The smallest absolute Gasteiger partial charge is 0.229 e. The Morgan fingerprint density at radius 3 is 2.82 bits per heavy atom. The number of aromatic nitrogens is 5. The molecule has 9 heteroatoms. The summed E-state index contributed by atoms with van der Waals surface area (Å²) >= 11 is 3.22. The van der Waals surface area contributed by atoms with Crippen LogP contribution in [0.3, 0.4) is 0 Å². The summed E-state index contributed by atoms with van der Waals surface area (Å²) in [5.74, 6) is 1.42. The van der Waals surface area contributed by atoms with Gasteiger partial charge in [-0.2, -0.15) is 15.0 Å². The van der Waals surface area contributed by atoms with E-state index in [0.717, 1.165) is 15.2 Å². The van der Waals surface area contributed by atoms with E-state index in [4.69, 9.17) is 5.73 Å². The maximum Gasteiger partial charge on any atom is 0.229 e. The van der Waals surface area contributed by atoms with Gasteiger partial charge in [-0.05, 0) is 18.4 Å². The molecule has 3 aromatic rings. The van der Waals surface area contributed by atoms with Crippen LogP contribution in [0.15, 0.2) is 22.8 Å². The number of nitrogens with two attached hydrogens (primary N) is 1. The topological polar surface area (TPSA) is 93.7 Å². The Balaban J connectivity index is 1.91. The highest BCUT2D eigenvalue weighted by atomic mass is 32.2. The highest BCUT2D eigenvalue weighted by Gasteiger charge is 2.17. The zero-order chi connectivity index (χ0) is 15.7. The van der Waals surface area contributed by atoms with Gasteiger partial charge in [0, 0.05) is 14.1 Å². The fourth-order valence-corrected chi connectivity index (χ4v) is 3.73. The van der Waals surface area contributed by atoms with E-state index in [2.05, 4.69) is 24.9 Å². The first-order chi connectivity index (χ1) is 10.5. The molecule has 0 saturated heterocycles. The molecule has 0 radical (unpaired) electrons. The molecule has 0 aliphatic carbocycles. The minimum atomic E-state index is 0.00389. The first-order valence-electron chi connectivity index (χ1n) is 6.58. The Bertz CT molecular complexity index is 802. The molecule has 0 spiro atoms. The van der Waals surface area contributed by atoms with Crippen molar-refractivity contribution in [2.45, 2.75) is 17.2 Å². The van der Waals surface area contributed by atoms with Crippen molar-refractivity contribution in [3.8, 4) is 0 Å². The number of nitrogen functional groups attached to an aromatic ring is 1. The lowest BCUT2D eigenvalue weighted by molar-refractivity contribution is 0.863. The highest BCUT2D eigenvalue weighted by Crippen LogP contribution is 2.37. The zero-order valence-electron chi connectivity index (χ0n) is 12.4. The zero-order valence-corrected chi connectivity index (χ0v) is 14.0. The summed E-state index contributed by atoms with van der Waals surface area (Å²) in [6.45, 7) is 2.03. The van der Waals surface area contributed by atoms with Gasteiger partial charge < -0.3 is 10.6 Å². The van der Waals surface area contributed by atoms with Gasteiger partial charge in [-0.3, -0.25) is 0 Å². The number of thiophene rings is 1. The summed E-state index contributed by atoms with van der Waals surface area (Å²) in [5.41, 5.74) is 6.74. The standard InChI is InChI=1S/C13H15N7S2/c1-7(10-17-12(14)19-13(18-10)20(2)3)22-11-9-8(4-5-21-9)15-6-16-11/h4-7H,1-3H3,(H2,14,17,18,19)/t7-/m0/s1. The van der Waals surface area contributed by atoms with Crippen LogP contribution in [0, 0.1) is 0 Å². The van der Waals surface area contributed by atoms with Gasteiger partial charge >= 0.3 is 0 Å². The molecule has 0 fully saturated rings. The first kappa shape index (κ1) is 14.9. The van der Waals surface area contributed by atoms with Crippen molar-refractivity contribution in [1.82, 2.24) is 24.9 Å². The van der Waals surface area contributed by atoms with Crippen LogP contribution >= 0.6 is 23.1 Å². The maximum absolute atomic E-state index is 5.78. The Kier molecular flexibility index (Phi) is 4.08. The van der Waals surface area contributed by atoms with Crippen LogP contribution in [0.2, 0.25) is 0 Å². The Labute approximate surface area is 136 Å². The van der Waals surface area contributed by atoms with Crippen molar-refractivity contribution < 1.29 is 0 Å². The quantitative estimate of drug-likeness (QED) is 0.574. The van der Waals surface area contributed by atoms with Crippen LogP contribution in [0.5, 0.6) is 0 Å². The average Bonchev–Trinajstić information content (AvgIpc) is 2.96. The number of hydrogen-bond donors (Lipinski definition) is 1. The van der Waals surface area contributed by atoms with Gasteiger partial charge in [0.2, 0.25) is 11.9 Å². The van der Waals surface area contributed by atoms with E-state index >= 15 is 0 Å². The second-order valence-corrected chi connectivity index (χ2v) is 7.07. The fraction of sp³-hybridized carbons (Fsp3) is 0.308. The number of hydrogen-bond acceptors (Lipinski definition) is 9. The van der Waals surface area contributed by atoms with E-state index in [-0.39, 0.29) is 11.2 Å². The highest BCUT2D eigenvalue weighted by molar-refractivity contribution is 7.99. The summed E-state index contributed by atoms with van der Waals surface area (Å²) < 4.78 is 1.08. The lowest BCUT2D eigenvalue weighted by atomic mass is 10.4. The van der Waals surface area contributed by atoms with Gasteiger partial charge in [0.15, 0.2) is 0 Å². The number of rotatable bonds is 4. The molecule has 0 aliphatic heterocycles. The molecule has 22 heavy (non-hydrogen) atoms. The van der Waals surface area contributed by atoms with Crippen LogP contribution in [-0.2, 0) is 0 Å². The van der Waals surface area contributed by atoms with Crippen LogP contribution in [0.25, 0.3) is 10.2 Å². The van der Waals surface area contributed by atoms with Crippen molar-refractivity contribution in [2.75, 3.05) is 24.7 Å². The molecule has 0 bridgehead atoms. The summed E-state index contributed by atoms with van der Waals surface area (Å²) in [6.07, 6.45) is 1.58. The van der Waals surface area contributed by atoms with Crippen molar-refractivity contribution in [3.05, 3.63) is 23.6 Å². The molecule has 0 amide bonds. The number of anilines is 2. The van der Waals surface area contributed by atoms with Crippen LogP contribution in [0.4, 0.5) is 11.9 Å². The van der Waals surface area contributed by atoms with Gasteiger partial charge in [-0.15, -0.1) is 11.3 Å². The van der Waals surface area contributed by atoms with Crippen molar-refractivity contribution in [2.24, 2.45) is 0 Å². The predicted molar refractivity (Wildman–Crippen MR) is 90.3 cm³/mol. The van der Waals surface area contributed by atoms with Gasteiger partial charge in [-0.1, -0.05) is 11.8 Å². The number of fused-ring (bicyclic) bond motifs is 1. The second-order valence-electron chi connectivity index (χ2n) is 4.82. The monoisotopic (exact) mass is 333 g/mol. The molecule has 3 heterocycles. The number of thioether (sulfide) groups is 1. The molecule has 0 saturated carbocycles. The third-order valence-corrected chi connectivity index (χ3v) is 5.06. The van der Waals surface area contributed by atoms with E-state index in [9.17, 15) is 0 Å². The van der Waals surface area contributed by atoms with Crippen LogP contribution in [0.1, 0.15) is 18.0 Å². The van der Waals surface area contributed by atoms with Gasteiger partial charge in [0.1, 0.15) is 17.2 Å². The molecule has 3 aromatic heterocycles. The normalized spacial score (nSPS) is 12.5. The molecule has 0 unspecified atom stereocenters. The fourth-order valence-electron chi connectivity index (χ4n) is 1.85. The summed E-state index contributed by atoms with van der Waals surface area (Å²) in [5, 5.41) is 2.95. The van der Waals surface area contributed by atoms with Gasteiger partial charge in [0.05, 0.1) is 15.5 Å². The number of nitrogens with zero attached hydrogens (tertiary/aromatic N) is 6. The molecule has 0 aliphatic rings. The van der Waals surface area contributed by atoms with E-state index in [1.165, 1.54) is 0 Å². The largest absolute Gasteiger partial charge is 0.368 e. The minimum absolute atomic E-state index is 0.00389. The first-order valence-corrected chi connectivity index (χ1v) is 8.34. The molecule has 1 atom stereocenters. The van der Waals surface area contributed by atoms with Gasteiger partial charge in [0.25, 0.3) is 0 Å². The average molecular weight is 333 g/mol. The van der Waals surface area contributed by atoms with E-state index in [1.54, 1.807) is 34.3 Å². The molecule has 3 rings (SSSR count). The SMILES string of the molecule is C[C@H](Sc1ncnc2ccsc12)c1nc(N)nc(N(C)C)n1. The van der Waals surface area contributed by atoms with E-state index in [0.29, 0.717) is 11.8 Å². The summed E-state index contributed by atoms with van der Waals surface area (Å²) in [7, 11) is 3.74. The Hall–Kier alpha value is -2.00. The van der Waals surface area contributed by atoms with E-state index in [1.807, 2.05) is 32.5 Å². The molecule has 0 aromatic carbocycles. The predicted octanol–water partition coefficient (Wildman–Crippen LogP) is 2.38. The third-order valence-electron chi connectivity index (χ3n) is 2.92. The van der Waals surface area contributed by atoms with E-state index < -0.39 is 0 Å². The molecule has 7 nitrogen and oxygen atoms in total. The summed E-state index contributed by atoms with van der Waals surface area (Å²) in [4.78, 5) is 23.3. The molecule has 114 valence electrons. The third kappa shape index (κ3) is 2.95. The molecular weight excluding hydrogens is 318 g/mol. The minimum Gasteiger partial charge on any atom is -0.368 e. The second kappa shape index (κ2) is 6.01. The Morgan fingerprint density at radius 2 is 2.05 bits per heavy atom. The lowest BCUT2D eigenvalue weighted by Crippen LogP contribution is -2.16. The van der Waals surface area contributed by atoms with Crippen molar-refractivity contribution in [3.63, 3.8) is 0 Å². The maximum atomic E-state index is 5.78. The molecular formula is C13H15N7S2. The Morgan fingerprint density at radius 1 is 1.23 bits per heavy atom. The van der Waals surface area contributed by atoms with Crippen molar-refractivity contribution in [1.29, 1.82) is 0 Å². The summed E-state index contributed by atoms with van der Waals surface area (Å²) in [6, 6.07) is 1.99. The molecule has 2 N–H and O–H groups in total. The van der Waals surface area contributed by atoms with Gasteiger partial charge in [-0.25, -0.2) is 9.97 Å². The van der Waals surface area contributed by atoms with Crippen LogP contribution in [-0.4, -0.2) is 39.0 Å². The van der Waals surface area contributed by atoms with Crippen molar-refractivity contribution >= 4 is 45.2 Å². The van der Waals surface area contributed by atoms with Crippen LogP contribution < -0.4 is 10.6 Å².